The first kappa shape index (κ1) is 13.5. The van der Waals surface area contributed by atoms with E-state index in [1.165, 1.54) is 18.6 Å². The molecule has 0 bridgehead atoms. The minimum Gasteiger partial charge on any atom is -0.348 e. The smallest absolute Gasteiger partial charge is 0.251 e. The lowest BCUT2D eigenvalue weighted by atomic mass is 9.95. The van der Waals surface area contributed by atoms with Crippen LogP contribution < -0.4 is 5.32 Å². The van der Waals surface area contributed by atoms with Gasteiger partial charge in [-0.15, -0.1) is 0 Å². The molecule has 1 N–H and O–H groups in total. The highest BCUT2D eigenvalue weighted by Gasteiger charge is 2.24. The van der Waals surface area contributed by atoms with Crippen LogP contribution >= 0.6 is 15.9 Å². The van der Waals surface area contributed by atoms with Gasteiger partial charge in [-0.3, -0.25) is 4.79 Å². The summed E-state index contributed by atoms with van der Waals surface area (Å²) in [6.07, 6.45) is 4.39. The van der Waals surface area contributed by atoms with Crippen molar-refractivity contribution in [1.29, 1.82) is 0 Å². The zero-order chi connectivity index (χ0) is 13.1. The molecule has 18 heavy (non-hydrogen) atoms. The van der Waals surface area contributed by atoms with E-state index in [4.69, 9.17) is 0 Å². The molecule has 0 spiro atoms. The standard InChI is InChI=1S/C14H17BrFNO/c1-9-6-10(8-11(16)7-9)14(18)17-13-5-3-2-4-12(13)15/h6-8,12-13H,2-5H2,1H3,(H,17,18). The molecular formula is C14H17BrFNO. The summed E-state index contributed by atoms with van der Waals surface area (Å²) in [5, 5.41) is 2.99. The van der Waals surface area contributed by atoms with Crippen molar-refractivity contribution in [2.75, 3.05) is 0 Å². The topological polar surface area (TPSA) is 29.1 Å². The van der Waals surface area contributed by atoms with Gasteiger partial charge >= 0.3 is 0 Å². The molecule has 1 aromatic rings. The maximum Gasteiger partial charge on any atom is 0.251 e. The molecule has 4 heteroatoms. The van der Waals surface area contributed by atoms with E-state index in [2.05, 4.69) is 21.2 Å². The molecule has 2 rings (SSSR count). The minimum absolute atomic E-state index is 0.148. The molecule has 0 aliphatic heterocycles. The van der Waals surface area contributed by atoms with Crippen molar-refractivity contribution in [3.8, 4) is 0 Å². The number of hydrogen-bond donors (Lipinski definition) is 1. The predicted octanol–water partition coefficient (Wildman–Crippen LogP) is 3.57. The van der Waals surface area contributed by atoms with Crippen LogP contribution in [0.3, 0.4) is 0 Å². The molecule has 2 unspecified atom stereocenters. The SMILES string of the molecule is Cc1cc(F)cc(C(=O)NC2CCCCC2Br)c1. The lowest BCUT2D eigenvalue weighted by Crippen LogP contribution is -2.42. The Morgan fingerprint density at radius 3 is 2.72 bits per heavy atom. The van der Waals surface area contributed by atoms with Gasteiger partial charge < -0.3 is 5.32 Å². The van der Waals surface area contributed by atoms with E-state index in [0.717, 1.165) is 24.8 Å². The number of aryl methyl sites for hydroxylation is 1. The Labute approximate surface area is 115 Å². The van der Waals surface area contributed by atoms with Crippen molar-refractivity contribution in [2.24, 2.45) is 0 Å². The monoisotopic (exact) mass is 313 g/mol. The van der Waals surface area contributed by atoms with Gasteiger partial charge in [-0.25, -0.2) is 4.39 Å². The number of benzene rings is 1. The fourth-order valence-corrected chi connectivity index (χ4v) is 3.09. The molecule has 0 aromatic heterocycles. The number of rotatable bonds is 2. The summed E-state index contributed by atoms with van der Waals surface area (Å²) in [5.41, 5.74) is 1.16. The van der Waals surface area contributed by atoms with Gasteiger partial charge in [0.2, 0.25) is 0 Å². The van der Waals surface area contributed by atoms with Crippen LogP contribution in [0.25, 0.3) is 0 Å². The van der Waals surface area contributed by atoms with Gasteiger partial charge in [-0.2, -0.15) is 0 Å². The average Bonchev–Trinajstić information content (AvgIpc) is 2.31. The third kappa shape index (κ3) is 3.31. The molecule has 1 amide bonds. The van der Waals surface area contributed by atoms with Gasteiger partial charge in [-0.1, -0.05) is 28.8 Å². The predicted molar refractivity (Wildman–Crippen MR) is 73.6 cm³/mol. The van der Waals surface area contributed by atoms with E-state index < -0.39 is 0 Å². The number of halogens is 2. The van der Waals surface area contributed by atoms with Crippen LogP contribution in [0.4, 0.5) is 4.39 Å². The molecule has 1 aromatic carbocycles. The van der Waals surface area contributed by atoms with Gasteiger partial charge in [0.05, 0.1) is 0 Å². The summed E-state index contributed by atoms with van der Waals surface area (Å²) < 4.78 is 13.3. The summed E-state index contributed by atoms with van der Waals surface area (Å²) in [6, 6.07) is 4.57. The Balaban J connectivity index is 2.06. The molecule has 1 aliphatic carbocycles. The Kier molecular flexibility index (Phi) is 4.38. The zero-order valence-electron chi connectivity index (χ0n) is 10.4. The molecule has 2 atom stereocenters. The summed E-state index contributed by atoms with van der Waals surface area (Å²) in [7, 11) is 0. The fraction of sp³-hybridized carbons (Fsp3) is 0.500. The average molecular weight is 314 g/mol. The van der Waals surface area contributed by atoms with Gasteiger partial charge in [0.25, 0.3) is 5.91 Å². The number of alkyl halides is 1. The lowest BCUT2D eigenvalue weighted by Gasteiger charge is -2.28. The molecule has 98 valence electrons. The highest BCUT2D eigenvalue weighted by atomic mass is 79.9. The summed E-state index contributed by atoms with van der Waals surface area (Å²) in [4.78, 5) is 12.4. The van der Waals surface area contributed by atoms with E-state index >= 15 is 0 Å². The first-order chi connectivity index (χ1) is 8.56. The van der Waals surface area contributed by atoms with Crippen LogP contribution in [-0.2, 0) is 0 Å². The first-order valence-corrected chi connectivity index (χ1v) is 7.20. The summed E-state index contributed by atoms with van der Waals surface area (Å²) in [5.74, 6) is -0.548. The second-order valence-corrected chi connectivity index (χ2v) is 6.07. The van der Waals surface area contributed by atoms with Crippen molar-refractivity contribution in [1.82, 2.24) is 5.32 Å². The molecule has 1 saturated carbocycles. The first-order valence-electron chi connectivity index (χ1n) is 6.28. The van der Waals surface area contributed by atoms with Crippen LogP contribution in [0, 0.1) is 12.7 Å². The van der Waals surface area contributed by atoms with Crippen LogP contribution in [-0.4, -0.2) is 16.8 Å². The largest absolute Gasteiger partial charge is 0.348 e. The van der Waals surface area contributed by atoms with Gasteiger partial charge in [-0.05, 0) is 43.5 Å². The van der Waals surface area contributed by atoms with Gasteiger partial charge in [0.15, 0.2) is 0 Å². The normalized spacial score (nSPS) is 23.7. The lowest BCUT2D eigenvalue weighted by molar-refractivity contribution is 0.0929. The van der Waals surface area contributed by atoms with E-state index in [1.54, 1.807) is 13.0 Å². The highest BCUT2D eigenvalue weighted by Crippen LogP contribution is 2.24. The molecule has 1 aliphatic rings. The van der Waals surface area contributed by atoms with E-state index in [-0.39, 0.29) is 17.8 Å². The number of hydrogen-bond acceptors (Lipinski definition) is 1. The van der Waals surface area contributed by atoms with Crippen LogP contribution in [0.2, 0.25) is 0 Å². The number of amides is 1. The molecule has 2 nitrogen and oxygen atoms in total. The van der Waals surface area contributed by atoms with E-state index in [9.17, 15) is 9.18 Å². The maximum atomic E-state index is 13.3. The molecular weight excluding hydrogens is 297 g/mol. The maximum absolute atomic E-state index is 13.3. The van der Waals surface area contributed by atoms with Crippen LogP contribution in [0.1, 0.15) is 41.6 Å². The second-order valence-electron chi connectivity index (χ2n) is 4.90. The van der Waals surface area contributed by atoms with E-state index in [1.807, 2.05) is 0 Å². The van der Waals surface area contributed by atoms with Crippen molar-refractivity contribution in [2.45, 2.75) is 43.5 Å². The summed E-state index contributed by atoms with van der Waals surface area (Å²) in [6.45, 7) is 1.79. The quantitative estimate of drug-likeness (QED) is 0.831. The Morgan fingerprint density at radius 1 is 1.33 bits per heavy atom. The fourth-order valence-electron chi connectivity index (χ4n) is 2.37. The van der Waals surface area contributed by atoms with Crippen molar-refractivity contribution in [3.05, 3.63) is 35.1 Å². The zero-order valence-corrected chi connectivity index (χ0v) is 12.0. The van der Waals surface area contributed by atoms with Crippen LogP contribution in [0.15, 0.2) is 18.2 Å². The van der Waals surface area contributed by atoms with E-state index in [0.29, 0.717) is 10.4 Å². The van der Waals surface area contributed by atoms with Crippen LogP contribution in [0.5, 0.6) is 0 Å². The third-order valence-electron chi connectivity index (χ3n) is 3.30. The molecule has 0 saturated heterocycles. The molecule has 0 radical (unpaired) electrons. The van der Waals surface area contributed by atoms with Gasteiger partial charge in [0.1, 0.15) is 5.82 Å². The Hall–Kier alpha value is -0.900. The number of carbonyl (C=O) groups excluding carboxylic acids is 1. The Morgan fingerprint density at radius 2 is 2.06 bits per heavy atom. The minimum atomic E-state index is -0.362. The summed E-state index contributed by atoms with van der Waals surface area (Å²) >= 11 is 3.60. The Bertz CT molecular complexity index is 429. The second kappa shape index (κ2) is 5.83. The highest BCUT2D eigenvalue weighted by molar-refractivity contribution is 9.09. The van der Waals surface area contributed by atoms with Gasteiger partial charge in [0, 0.05) is 16.4 Å². The van der Waals surface area contributed by atoms with Crippen molar-refractivity contribution in [3.63, 3.8) is 0 Å². The third-order valence-corrected chi connectivity index (χ3v) is 4.40. The van der Waals surface area contributed by atoms with Crippen molar-refractivity contribution < 1.29 is 9.18 Å². The molecule has 1 fully saturated rings. The van der Waals surface area contributed by atoms with Crippen molar-refractivity contribution >= 4 is 21.8 Å². The molecule has 0 heterocycles. The number of carbonyl (C=O) groups is 1. The number of nitrogens with one attached hydrogen (secondary N) is 1.